The summed E-state index contributed by atoms with van der Waals surface area (Å²) in [6.07, 6.45) is 5.34. The summed E-state index contributed by atoms with van der Waals surface area (Å²) in [4.78, 5) is 12.6. The molecule has 0 aliphatic heterocycles. The molecule has 0 saturated heterocycles. The second-order valence-corrected chi connectivity index (χ2v) is 3.51. The third kappa shape index (κ3) is 3.02. The number of hydrogen-bond acceptors (Lipinski definition) is 4. The van der Waals surface area contributed by atoms with Crippen molar-refractivity contribution in [1.82, 2.24) is 9.97 Å². The number of nitrogen functional groups attached to an aromatic ring is 1. The van der Waals surface area contributed by atoms with Crippen LogP contribution in [0.4, 0.5) is 11.6 Å². The van der Waals surface area contributed by atoms with Crippen molar-refractivity contribution < 1.29 is 32.7 Å². The first-order valence-electron chi connectivity index (χ1n) is 5.06. The van der Waals surface area contributed by atoms with Crippen LogP contribution in [0.15, 0.2) is 23.3 Å². The molecule has 0 spiro atoms. The van der Waals surface area contributed by atoms with E-state index in [2.05, 4.69) is 15.0 Å². The van der Waals surface area contributed by atoms with E-state index in [0.717, 1.165) is 22.2 Å². The van der Waals surface area contributed by atoms with Gasteiger partial charge in [-0.25, -0.2) is 9.97 Å². The Labute approximate surface area is 126 Å². The molecule has 4 nitrogen and oxygen atoms in total. The number of anilines is 1. The summed E-state index contributed by atoms with van der Waals surface area (Å²) >= 11 is 0. The Balaban J connectivity index is 0.00000144. The molecule has 0 fully saturated rings. The van der Waals surface area contributed by atoms with E-state index in [9.17, 15) is 0 Å². The third-order valence-corrected chi connectivity index (χ3v) is 2.30. The molecule has 0 saturated carbocycles. The fourth-order valence-electron chi connectivity index (χ4n) is 1.51. The number of benzene rings is 1. The topological polar surface area (TPSA) is 64.2 Å². The van der Waals surface area contributed by atoms with Gasteiger partial charge in [0.05, 0.1) is 5.69 Å². The van der Waals surface area contributed by atoms with Gasteiger partial charge in [0, 0.05) is 44.3 Å². The molecular weight excluding hydrogens is 289 g/mol. The SMILES string of the molecule is C[CH-]C=Nc1c(C)ccc2cnc(N)nc12.[Y]. The molecular formula is C12H13N4Y-. The summed E-state index contributed by atoms with van der Waals surface area (Å²) in [5.41, 5.74) is 8.31. The van der Waals surface area contributed by atoms with Crippen LogP contribution in [0.25, 0.3) is 10.9 Å². The second-order valence-electron chi connectivity index (χ2n) is 3.51. The number of rotatable bonds is 2. The average molecular weight is 302 g/mol. The van der Waals surface area contributed by atoms with Crippen molar-refractivity contribution in [2.75, 3.05) is 5.73 Å². The molecule has 0 unspecified atom stereocenters. The van der Waals surface area contributed by atoms with Crippen LogP contribution in [0, 0.1) is 13.3 Å². The third-order valence-electron chi connectivity index (χ3n) is 2.30. The van der Waals surface area contributed by atoms with E-state index in [4.69, 9.17) is 5.73 Å². The monoisotopic (exact) mass is 302 g/mol. The predicted octanol–water partition coefficient (Wildman–Crippen LogP) is 2.44. The second kappa shape index (κ2) is 6.08. The summed E-state index contributed by atoms with van der Waals surface area (Å²) < 4.78 is 0. The van der Waals surface area contributed by atoms with Crippen LogP contribution in [-0.2, 0) is 32.7 Å². The van der Waals surface area contributed by atoms with Crippen LogP contribution in [0.3, 0.4) is 0 Å². The molecule has 1 aromatic carbocycles. The number of nitrogens with two attached hydrogens (primary N) is 1. The molecule has 0 aliphatic carbocycles. The Hall–Kier alpha value is -0.996. The van der Waals surface area contributed by atoms with Crippen LogP contribution >= 0.6 is 0 Å². The zero-order valence-electron chi connectivity index (χ0n) is 9.88. The smallest absolute Gasteiger partial charge is 0.220 e. The minimum Gasteiger partial charge on any atom is -0.368 e. The first-order valence-corrected chi connectivity index (χ1v) is 5.06. The van der Waals surface area contributed by atoms with Crippen molar-refractivity contribution in [2.45, 2.75) is 13.8 Å². The van der Waals surface area contributed by atoms with Gasteiger partial charge in [0.2, 0.25) is 5.95 Å². The molecule has 0 amide bonds. The molecule has 2 N–H and O–H groups in total. The summed E-state index contributed by atoms with van der Waals surface area (Å²) in [6, 6.07) is 3.98. The zero-order chi connectivity index (χ0) is 11.5. The number of nitrogens with zero attached hydrogens (tertiary/aromatic N) is 3. The fourth-order valence-corrected chi connectivity index (χ4v) is 1.51. The Morgan fingerprint density at radius 2 is 2.18 bits per heavy atom. The van der Waals surface area contributed by atoms with Gasteiger partial charge in [-0.1, -0.05) is 12.1 Å². The summed E-state index contributed by atoms with van der Waals surface area (Å²) in [7, 11) is 0. The molecule has 1 heterocycles. The number of fused-ring (bicyclic) bond motifs is 1. The van der Waals surface area contributed by atoms with Gasteiger partial charge in [-0.2, -0.15) is 6.92 Å². The van der Waals surface area contributed by atoms with E-state index in [-0.39, 0.29) is 38.7 Å². The molecule has 2 rings (SSSR count). The minimum absolute atomic E-state index is 0. The van der Waals surface area contributed by atoms with Crippen molar-refractivity contribution in [3.8, 4) is 0 Å². The Bertz CT molecular complexity index is 546. The van der Waals surface area contributed by atoms with Crippen LogP contribution in [0.5, 0.6) is 0 Å². The van der Waals surface area contributed by atoms with Crippen LogP contribution < -0.4 is 5.73 Å². The van der Waals surface area contributed by atoms with E-state index in [1.165, 1.54) is 0 Å². The maximum absolute atomic E-state index is 5.59. The maximum atomic E-state index is 5.59. The maximum Gasteiger partial charge on any atom is 0.220 e. The quantitative estimate of drug-likeness (QED) is 0.684. The molecule has 85 valence electrons. The van der Waals surface area contributed by atoms with Crippen molar-refractivity contribution in [1.29, 1.82) is 0 Å². The number of aliphatic imine (C=N–C) groups is 1. The van der Waals surface area contributed by atoms with E-state index >= 15 is 0 Å². The molecule has 0 aliphatic rings. The van der Waals surface area contributed by atoms with Crippen molar-refractivity contribution in [2.24, 2.45) is 4.99 Å². The van der Waals surface area contributed by atoms with Gasteiger partial charge in [0.15, 0.2) is 0 Å². The van der Waals surface area contributed by atoms with E-state index in [0.29, 0.717) is 0 Å². The Morgan fingerprint density at radius 1 is 1.41 bits per heavy atom. The van der Waals surface area contributed by atoms with E-state index < -0.39 is 0 Å². The normalized spacial score (nSPS) is 10.5. The first-order chi connectivity index (χ1) is 7.72. The number of aromatic nitrogens is 2. The molecule has 17 heavy (non-hydrogen) atoms. The average Bonchev–Trinajstić information content (AvgIpc) is 2.28. The fraction of sp³-hybridized carbons (Fsp3) is 0.167. The van der Waals surface area contributed by atoms with Gasteiger partial charge < -0.3 is 12.2 Å². The van der Waals surface area contributed by atoms with Crippen molar-refractivity contribution in [3.63, 3.8) is 0 Å². The molecule has 2 aromatic rings. The Morgan fingerprint density at radius 3 is 2.88 bits per heavy atom. The van der Waals surface area contributed by atoms with E-state index in [1.54, 1.807) is 12.4 Å². The van der Waals surface area contributed by atoms with Gasteiger partial charge in [0.1, 0.15) is 5.52 Å². The van der Waals surface area contributed by atoms with Crippen LogP contribution in [0.2, 0.25) is 0 Å². The van der Waals surface area contributed by atoms with Crippen molar-refractivity contribution >= 4 is 28.8 Å². The van der Waals surface area contributed by atoms with Gasteiger partial charge in [-0.3, -0.25) is 4.99 Å². The number of hydrogen-bond donors (Lipinski definition) is 1. The first kappa shape index (κ1) is 14.1. The summed E-state index contributed by atoms with van der Waals surface area (Å²) in [6.45, 7) is 3.92. The molecule has 1 aromatic heterocycles. The molecule has 1 radical (unpaired) electrons. The zero-order valence-corrected chi connectivity index (χ0v) is 12.7. The van der Waals surface area contributed by atoms with Crippen LogP contribution in [0.1, 0.15) is 12.5 Å². The standard InChI is InChI=1S/C12H13N4.Y/c1-3-6-14-10-8(2)4-5-9-7-15-12(13)16-11(9)10;/h3-7H,1-2H3,(H2,13,15,16);/q-1;. The molecule has 0 atom stereocenters. The molecule has 0 bridgehead atoms. The van der Waals surface area contributed by atoms with Gasteiger partial charge in [0.25, 0.3) is 0 Å². The van der Waals surface area contributed by atoms with Gasteiger partial charge in [-0.15, -0.1) is 6.21 Å². The summed E-state index contributed by atoms with van der Waals surface area (Å²) in [5, 5.41) is 0.947. The van der Waals surface area contributed by atoms with Gasteiger partial charge >= 0.3 is 0 Å². The van der Waals surface area contributed by atoms with Gasteiger partial charge in [-0.05, 0) is 12.5 Å². The Kier molecular flexibility index (Phi) is 5.03. The molecule has 5 heteroatoms. The minimum atomic E-state index is 0. The van der Waals surface area contributed by atoms with Crippen LogP contribution in [-0.4, -0.2) is 16.2 Å². The van der Waals surface area contributed by atoms with Crippen molar-refractivity contribution in [3.05, 3.63) is 30.3 Å². The number of aryl methyl sites for hydroxylation is 1. The summed E-state index contributed by atoms with van der Waals surface area (Å²) in [5.74, 6) is 0.273. The largest absolute Gasteiger partial charge is 0.368 e. The van der Waals surface area contributed by atoms with E-state index in [1.807, 2.05) is 32.4 Å². The predicted molar refractivity (Wildman–Crippen MR) is 66.8 cm³/mol.